The molecule has 3 aromatic rings. The van der Waals surface area contributed by atoms with Gasteiger partial charge < -0.3 is 31.4 Å². The summed E-state index contributed by atoms with van der Waals surface area (Å²) in [7, 11) is 0. The number of ether oxygens (including phenoxy) is 1. The molecule has 0 bridgehead atoms. The molecule has 13 nitrogen and oxygen atoms in total. The Morgan fingerprint density at radius 2 is 1.87 bits per heavy atom. The maximum Gasteiger partial charge on any atom is 0.410 e. The molecule has 206 valence electrons. The molecule has 3 heterocycles. The highest BCUT2D eigenvalue weighted by molar-refractivity contribution is 6.35. The normalized spacial score (nSPS) is 14.7. The number of carbonyl (C=O) groups is 1. The minimum absolute atomic E-state index is 0.0252. The van der Waals surface area contributed by atoms with Crippen molar-refractivity contribution in [3.63, 3.8) is 0 Å². The zero-order valence-corrected chi connectivity index (χ0v) is 22.6. The number of nitrogens with zero attached hydrogens (tertiary/aromatic N) is 7. The third-order valence-corrected chi connectivity index (χ3v) is 6.24. The van der Waals surface area contributed by atoms with Crippen molar-refractivity contribution in [1.29, 1.82) is 5.26 Å². The molecular weight excluding hydrogens is 531 g/mol. The smallest absolute Gasteiger partial charge is 0.410 e. The van der Waals surface area contributed by atoms with Gasteiger partial charge in [-0.25, -0.2) is 18.8 Å². The topological polar surface area (TPSA) is 181 Å². The van der Waals surface area contributed by atoms with E-state index in [0.717, 1.165) is 6.07 Å². The molecule has 1 amide bonds. The standard InChI is InChI=1S/C24H28ClFN10O3/c1-12(30-19-13(11-27)18(28)32-22(29)33-19)20-31-17-15(26)6-5-14(25)16(17)21(37)36(20)35-9-7-34(8-10-35)23(38)39-24(2,3)4/h5-6,12H,7-10H2,1-4H3,(H5,28,29,30,32,33)/t12-/m0/s1. The lowest BCUT2D eigenvalue weighted by atomic mass is 10.2. The van der Waals surface area contributed by atoms with Gasteiger partial charge in [-0.2, -0.15) is 15.2 Å². The fourth-order valence-electron chi connectivity index (χ4n) is 4.16. The largest absolute Gasteiger partial charge is 0.444 e. The van der Waals surface area contributed by atoms with Crippen molar-refractivity contribution in [3.05, 3.63) is 44.7 Å². The zero-order valence-electron chi connectivity index (χ0n) is 21.8. The molecule has 39 heavy (non-hydrogen) atoms. The molecule has 1 fully saturated rings. The van der Waals surface area contributed by atoms with E-state index in [1.165, 1.54) is 10.7 Å². The Kier molecular flexibility index (Phi) is 7.38. The fraction of sp³-hybridized carbons (Fsp3) is 0.417. The van der Waals surface area contributed by atoms with Gasteiger partial charge in [0, 0.05) is 13.1 Å². The Balaban J connectivity index is 1.77. The molecule has 15 heteroatoms. The number of rotatable bonds is 4. The quantitative estimate of drug-likeness (QED) is 0.427. The summed E-state index contributed by atoms with van der Waals surface area (Å²) in [5, 5.41) is 14.2. The van der Waals surface area contributed by atoms with E-state index >= 15 is 0 Å². The summed E-state index contributed by atoms with van der Waals surface area (Å²) < 4.78 is 21.6. The van der Waals surface area contributed by atoms with Crippen LogP contribution in [-0.4, -0.2) is 62.4 Å². The molecule has 1 aliphatic heterocycles. The Labute approximate surface area is 228 Å². The van der Waals surface area contributed by atoms with E-state index in [4.69, 9.17) is 27.8 Å². The number of nitrogens with two attached hydrogens (primary N) is 2. The Morgan fingerprint density at radius 1 is 1.21 bits per heavy atom. The molecule has 4 rings (SSSR count). The van der Waals surface area contributed by atoms with Crippen molar-refractivity contribution >= 4 is 46.2 Å². The molecule has 2 aromatic heterocycles. The number of nitriles is 1. The average Bonchev–Trinajstić information content (AvgIpc) is 2.84. The lowest BCUT2D eigenvalue weighted by Gasteiger charge is -2.38. The van der Waals surface area contributed by atoms with Gasteiger partial charge in [0.2, 0.25) is 5.95 Å². The van der Waals surface area contributed by atoms with Crippen molar-refractivity contribution in [3.8, 4) is 6.07 Å². The highest BCUT2D eigenvalue weighted by atomic mass is 35.5. The van der Waals surface area contributed by atoms with Crippen LogP contribution in [0.1, 0.15) is 45.1 Å². The first kappa shape index (κ1) is 27.6. The molecule has 1 aliphatic rings. The van der Waals surface area contributed by atoms with Crippen LogP contribution in [0.4, 0.5) is 26.8 Å². The van der Waals surface area contributed by atoms with Crippen LogP contribution in [0, 0.1) is 17.1 Å². The Bertz CT molecular complexity index is 1540. The average molecular weight is 559 g/mol. The van der Waals surface area contributed by atoms with E-state index in [0.29, 0.717) is 0 Å². The van der Waals surface area contributed by atoms with Crippen molar-refractivity contribution in [2.24, 2.45) is 0 Å². The van der Waals surface area contributed by atoms with E-state index in [1.807, 2.05) is 6.07 Å². The number of halogens is 2. The molecule has 0 aliphatic carbocycles. The molecule has 0 unspecified atom stereocenters. The van der Waals surface area contributed by atoms with Crippen molar-refractivity contribution < 1.29 is 13.9 Å². The van der Waals surface area contributed by atoms with Gasteiger partial charge in [0.1, 0.15) is 34.4 Å². The zero-order chi connectivity index (χ0) is 28.6. The predicted octanol–water partition coefficient (Wildman–Crippen LogP) is 2.38. The van der Waals surface area contributed by atoms with E-state index in [9.17, 15) is 19.2 Å². The molecule has 1 saturated heterocycles. The molecule has 1 atom stereocenters. The first-order valence-corrected chi connectivity index (χ1v) is 12.4. The molecular formula is C24H28ClFN10O3. The third-order valence-electron chi connectivity index (χ3n) is 5.92. The first-order valence-electron chi connectivity index (χ1n) is 12.0. The second kappa shape index (κ2) is 10.4. The maximum atomic E-state index is 14.8. The van der Waals surface area contributed by atoms with Gasteiger partial charge in [0.25, 0.3) is 5.56 Å². The summed E-state index contributed by atoms with van der Waals surface area (Å²) in [6.45, 7) is 8.00. The van der Waals surface area contributed by atoms with Crippen LogP contribution in [0.2, 0.25) is 5.02 Å². The maximum absolute atomic E-state index is 14.8. The van der Waals surface area contributed by atoms with Crippen LogP contribution in [0.25, 0.3) is 10.9 Å². The molecule has 1 aromatic carbocycles. The number of benzene rings is 1. The lowest BCUT2D eigenvalue weighted by Crippen LogP contribution is -2.57. The Morgan fingerprint density at radius 3 is 2.49 bits per heavy atom. The number of carbonyl (C=O) groups excluding carboxylic acids is 1. The van der Waals surface area contributed by atoms with Crippen LogP contribution in [0.5, 0.6) is 0 Å². The number of nitrogens with one attached hydrogen (secondary N) is 1. The van der Waals surface area contributed by atoms with Crippen LogP contribution in [0.3, 0.4) is 0 Å². The highest BCUT2D eigenvalue weighted by Gasteiger charge is 2.30. The first-order chi connectivity index (χ1) is 18.3. The highest BCUT2D eigenvalue weighted by Crippen LogP contribution is 2.27. The van der Waals surface area contributed by atoms with Gasteiger partial charge in [-0.05, 0) is 39.8 Å². The van der Waals surface area contributed by atoms with Crippen molar-refractivity contribution in [2.45, 2.75) is 39.3 Å². The van der Waals surface area contributed by atoms with E-state index in [-0.39, 0.29) is 71.1 Å². The van der Waals surface area contributed by atoms with Crippen molar-refractivity contribution in [2.75, 3.05) is 48.0 Å². The second-order valence-corrected chi connectivity index (χ2v) is 10.3. The van der Waals surface area contributed by atoms with Gasteiger partial charge in [-0.3, -0.25) is 4.79 Å². The van der Waals surface area contributed by atoms with E-state index < -0.39 is 29.1 Å². The fourth-order valence-corrected chi connectivity index (χ4v) is 4.40. The van der Waals surface area contributed by atoms with Crippen LogP contribution < -0.4 is 27.4 Å². The summed E-state index contributed by atoms with van der Waals surface area (Å²) in [4.78, 5) is 40.2. The summed E-state index contributed by atoms with van der Waals surface area (Å²) >= 11 is 6.30. The number of anilines is 3. The van der Waals surface area contributed by atoms with Crippen LogP contribution in [0.15, 0.2) is 16.9 Å². The molecule has 5 N–H and O–H groups in total. The number of aromatic nitrogens is 4. The van der Waals surface area contributed by atoms with E-state index in [2.05, 4.69) is 20.3 Å². The number of nitrogen functional groups attached to an aromatic ring is 2. The second-order valence-electron chi connectivity index (χ2n) is 9.93. The number of piperazine rings is 1. The SMILES string of the molecule is C[C@H](Nc1nc(N)nc(N)c1C#N)c1nc2c(F)ccc(Cl)c2c(=O)n1N1CCN(C(=O)OC(C)(C)C)CC1. The molecule has 0 spiro atoms. The van der Waals surface area contributed by atoms with Gasteiger partial charge in [0.15, 0.2) is 11.6 Å². The van der Waals surface area contributed by atoms with Gasteiger partial charge >= 0.3 is 6.09 Å². The minimum atomic E-state index is -0.801. The molecule has 0 radical (unpaired) electrons. The van der Waals surface area contributed by atoms with E-state index in [1.54, 1.807) is 37.6 Å². The number of fused-ring (bicyclic) bond motifs is 1. The van der Waals surface area contributed by atoms with Gasteiger partial charge in [-0.1, -0.05) is 11.6 Å². The number of hydrogen-bond donors (Lipinski definition) is 3. The van der Waals surface area contributed by atoms with Crippen LogP contribution >= 0.6 is 11.6 Å². The van der Waals surface area contributed by atoms with Crippen LogP contribution in [-0.2, 0) is 4.74 Å². The summed E-state index contributed by atoms with van der Waals surface area (Å²) in [5.41, 5.74) is 10.0. The summed E-state index contributed by atoms with van der Waals surface area (Å²) in [6, 6.07) is 3.54. The monoisotopic (exact) mass is 558 g/mol. The predicted molar refractivity (Wildman–Crippen MR) is 144 cm³/mol. The minimum Gasteiger partial charge on any atom is -0.444 e. The third kappa shape index (κ3) is 5.58. The van der Waals surface area contributed by atoms with Gasteiger partial charge in [-0.15, -0.1) is 0 Å². The molecule has 0 saturated carbocycles. The van der Waals surface area contributed by atoms with Gasteiger partial charge in [0.05, 0.1) is 29.5 Å². The lowest BCUT2D eigenvalue weighted by molar-refractivity contribution is 0.0231. The number of hydrogen-bond acceptors (Lipinski definition) is 11. The summed E-state index contributed by atoms with van der Waals surface area (Å²) in [6.07, 6.45) is -0.463. The Hall–Kier alpha value is -4.38. The van der Waals surface area contributed by atoms with Crippen molar-refractivity contribution in [1.82, 2.24) is 24.5 Å². The number of amides is 1. The summed E-state index contributed by atoms with van der Waals surface area (Å²) in [5.74, 6) is -0.882.